The number of nitrogens with one attached hydrogen (secondary N) is 2. The molecule has 3 heterocycles. The number of carboxylic acids is 1. The second-order valence-electron chi connectivity index (χ2n) is 11.3. The first-order valence-electron chi connectivity index (χ1n) is 15.8. The second-order valence-corrected chi connectivity index (χ2v) is 11.7. The van der Waals surface area contributed by atoms with Crippen LogP contribution in [-0.4, -0.2) is 77.4 Å². The lowest BCUT2D eigenvalue weighted by atomic mass is 10.1. The van der Waals surface area contributed by atoms with Gasteiger partial charge in [0.1, 0.15) is 11.4 Å². The number of aromatic carboxylic acids is 1. The molecule has 1 fully saturated rings. The summed E-state index contributed by atoms with van der Waals surface area (Å²) in [7, 11) is 0. The number of anilines is 2. The fourth-order valence-corrected chi connectivity index (χ4v) is 5.87. The number of benzene rings is 2. The average molecular weight is 639 g/mol. The van der Waals surface area contributed by atoms with E-state index < -0.39 is 17.2 Å². The van der Waals surface area contributed by atoms with Crippen molar-refractivity contribution in [1.29, 1.82) is 0 Å². The van der Waals surface area contributed by atoms with Gasteiger partial charge in [-0.15, -0.1) is 0 Å². The molecule has 45 heavy (non-hydrogen) atoms. The van der Waals surface area contributed by atoms with E-state index in [0.29, 0.717) is 36.9 Å². The Labute approximate surface area is 269 Å². The minimum atomic E-state index is -1.30. The molecule has 1 saturated heterocycles. The van der Waals surface area contributed by atoms with Crippen LogP contribution in [0.1, 0.15) is 50.9 Å². The molecule has 1 aliphatic rings. The monoisotopic (exact) mass is 638 g/mol. The van der Waals surface area contributed by atoms with Crippen LogP contribution in [0.15, 0.2) is 53.6 Å². The van der Waals surface area contributed by atoms with Crippen molar-refractivity contribution in [2.24, 2.45) is 0 Å². The predicted molar refractivity (Wildman–Crippen MR) is 183 cm³/mol. The van der Waals surface area contributed by atoms with E-state index >= 15 is 0 Å². The van der Waals surface area contributed by atoms with Crippen molar-refractivity contribution in [3.8, 4) is 0 Å². The maximum atomic E-state index is 14.5. The van der Waals surface area contributed by atoms with E-state index in [2.05, 4.69) is 41.3 Å². The Morgan fingerprint density at radius 3 is 2.53 bits per heavy atom. The summed E-state index contributed by atoms with van der Waals surface area (Å²) >= 11 is 6.04. The summed E-state index contributed by atoms with van der Waals surface area (Å²) in [6.45, 7) is 15.4. The number of fused-ring (bicyclic) bond motifs is 2. The van der Waals surface area contributed by atoms with Gasteiger partial charge in [-0.05, 0) is 82.7 Å². The third-order valence-electron chi connectivity index (χ3n) is 8.29. The number of pyridine rings is 2. The lowest BCUT2D eigenvalue weighted by Gasteiger charge is -2.30. The molecule has 0 saturated carbocycles. The minimum Gasteiger partial charge on any atom is -0.477 e. The van der Waals surface area contributed by atoms with Crippen LogP contribution in [0.25, 0.3) is 21.8 Å². The van der Waals surface area contributed by atoms with Gasteiger partial charge >= 0.3 is 5.97 Å². The molecule has 9 nitrogen and oxygen atoms in total. The Morgan fingerprint density at radius 1 is 1.13 bits per heavy atom. The van der Waals surface area contributed by atoms with Gasteiger partial charge in [-0.25, -0.2) is 9.18 Å². The fourth-order valence-electron chi connectivity index (χ4n) is 5.71. The number of halogens is 2. The molecule has 11 heteroatoms. The molecule has 0 radical (unpaired) electrons. The highest BCUT2D eigenvalue weighted by atomic mass is 35.5. The zero-order valence-electron chi connectivity index (χ0n) is 26.6. The maximum Gasteiger partial charge on any atom is 0.341 e. The summed E-state index contributed by atoms with van der Waals surface area (Å²) in [5, 5.41) is 17.9. The lowest BCUT2D eigenvalue weighted by Crippen LogP contribution is -2.43. The Kier molecular flexibility index (Phi) is 12.2. The summed E-state index contributed by atoms with van der Waals surface area (Å²) in [4.78, 5) is 32.3. The summed E-state index contributed by atoms with van der Waals surface area (Å²) < 4.78 is 16.2. The van der Waals surface area contributed by atoms with Gasteiger partial charge in [-0.2, -0.15) is 0 Å². The number of carbonyl (C=O) groups is 1. The normalized spacial score (nSPS) is 14.0. The van der Waals surface area contributed by atoms with Gasteiger partial charge in [0.05, 0.1) is 16.7 Å². The first-order valence-corrected chi connectivity index (χ1v) is 16.1. The Balaban J connectivity index is 0.000000205. The van der Waals surface area contributed by atoms with Crippen molar-refractivity contribution in [2.45, 2.75) is 53.1 Å². The van der Waals surface area contributed by atoms with Crippen molar-refractivity contribution >= 4 is 50.8 Å². The van der Waals surface area contributed by atoms with Crippen LogP contribution in [0.2, 0.25) is 5.02 Å². The molecular formula is C34H44ClFN6O3. The van der Waals surface area contributed by atoms with E-state index in [1.165, 1.54) is 19.2 Å². The molecule has 2 aromatic heterocycles. The molecule has 0 aliphatic carbocycles. The van der Waals surface area contributed by atoms with Crippen molar-refractivity contribution in [3.63, 3.8) is 0 Å². The first-order chi connectivity index (χ1) is 21.7. The van der Waals surface area contributed by atoms with Gasteiger partial charge in [0, 0.05) is 72.6 Å². The smallest absolute Gasteiger partial charge is 0.341 e. The number of carboxylic acid groups (broad SMARTS) is 1. The number of hydrogen-bond acceptors (Lipinski definition) is 7. The highest BCUT2D eigenvalue weighted by Crippen LogP contribution is 2.27. The molecule has 0 amide bonds. The van der Waals surface area contributed by atoms with Gasteiger partial charge in [-0.1, -0.05) is 25.4 Å². The molecular weight excluding hydrogens is 595 g/mol. The van der Waals surface area contributed by atoms with Crippen LogP contribution in [0.4, 0.5) is 15.8 Å². The molecule has 0 spiro atoms. The summed E-state index contributed by atoms with van der Waals surface area (Å²) in [5.74, 6) is -1.80. The van der Waals surface area contributed by atoms with E-state index in [9.17, 15) is 14.0 Å². The fraction of sp³-hybridized carbons (Fsp3) is 0.441. The zero-order valence-corrected chi connectivity index (χ0v) is 27.3. The first kappa shape index (κ1) is 34.1. The van der Waals surface area contributed by atoms with Crippen molar-refractivity contribution < 1.29 is 14.3 Å². The van der Waals surface area contributed by atoms with Gasteiger partial charge in [0.25, 0.3) is 0 Å². The van der Waals surface area contributed by atoms with Crippen molar-refractivity contribution in [3.05, 3.63) is 75.4 Å². The van der Waals surface area contributed by atoms with Crippen molar-refractivity contribution in [1.82, 2.24) is 19.8 Å². The van der Waals surface area contributed by atoms with Crippen LogP contribution in [0.5, 0.6) is 0 Å². The van der Waals surface area contributed by atoms with Crippen LogP contribution in [0, 0.1) is 5.82 Å². The number of nitrogens with zero attached hydrogens (tertiary/aromatic N) is 4. The van der Waals surface area contributed by atoms with Gasteiger partial charge < -0.3 is 30.1 Å². The van der Waals surface area contributed by atoms with Gasteiger partial charge in [-0.3, -0.25) is 9.78 Å². The number of piperazine rings is 1. The molecule has 2 aromatic carbocycles. The zero-order chi connectivity index (χ0) is 32.5. The Bertz CT molecular complexity index is 1670. The maximum absolute atomic E-state index is 14.5. The van der Waals surface area contributed by atoms with E-state index in [1.807, 2.05) is 42.3 Å². The third-order valence-corrected chi connectivity index (χ3v) is 8.53. The largest absolute Gasteiger partial charge is 0.477 e. The SMILES string of the molecule is CCN(CC)CCCC(C)Nc1ccnc2cc(Cl)ccc12.CCn1cc(C(=O)O)c(=O)c2cc(F)c(N3CCNCC3)cc21. The highest BCUT2D eigenvalue weighted by Gasteiger charge is 2.20. The molecule has 242 valence electrons. The number of aryl methyl sites for hydroxylation is 1. The highest BCUT2D eigenvalue weighted by molar-refractivity contribution is 6.31. The average Bonchev–Trinajstić information content (AvgIpc) is 3.04. The van der Waals surface area contributed by atoms with Crippen LogP contribution < -0.4 is 21.0 Å². The molecule has 1 aliphatic heterocycles. The van der Waals surface area contributed by atoms with E-state index in [4.69, 9.17) is 16.7 Å². The molecule has 0 bridgehead atoms. The van der Waals surface area contributed by atoms with E-state index in [1.54, 1.807) is 10.6 Å². The van der Waals surface area contributed by atoms with Crippen molar-refractivity contribution in [2.75, 3.05) is 56.0 Å². The van der Waals surface area contributed by atoms with E-state index in [0.717, 1.165) is 60.3 Å². The molecule has 4 aromatic rings. The quantitative estimate of drug-likeness (QED) is 0.182. The lowest BCUT2D eigenvalue weighted by molar-refractivity contribution is 0.0695. The minimum absolute atomic E-state index is 0.100. The van der Waals surface area contributed by atoms with Gasteiger partial charge in [0.2, 0.25) is 5.43 Å². The molecule has 5 rings (SSSR count). The van der Waals surface area contributed by atoms with E-state index in [-0.39, 0.29) is 10.9 Å². The third kappa shape index (κ3) is 8.51. The molecule has 1 unspecified atom stereocenters. The van der Waals surface area contributed by atoms with Crippen LogP contribution in [0.3, 0.4) is 0 Å². The molecule has 3 N–H and O–H groups in total. The Hall–Kier alpha value is -3.73. The number of rotatable bonds is 11. The van der Waals surface area contributed by atoms with Crippen LogP contribution in [-0.2, 0) is 6.54 Å². The topological polar surface area (TPSA) is 103 Å². The number of hydrogen-bond donors (Lipinski definition) is 3. The second kappa shape index (κ2) is 16.0. The molecule has 1 atom stereocenters. The predicted octanol–water partition coefficient (Wildman–Crippen LogP) is 6.08. The summed E-state index contributed by atoms with van der Waals surface area (Å²) in [5.41, 5.74) is 2.09. The van der Waals surface area contributed by atoms with Gasteiger partial charge in [0.15, 0.2) is 0 Å². The summed E-state index contributed by atoms with van der Waals surface area (Å²) in [6, 6.07) is 11.2. The van der Waals surface area contributed by atoms with Crippen LogP contribution >= 0.6 is 11.6 Å². The summed E-state index contributed by atoms with van der Waals surface area (Å²) in [6.07, 6.45) is 5.54. The standard InChI is InChI=1S/C18H26ClN3.C16H18FN3O3/c1-4-22(5-2)12-6-7-14(3)21-17-10-11-20-18-13-15(19)8-9-16(17)18;1-2-19-9-11(16(22)23)15(21)10-7-12(17)14(8-13(10)19)20-5-3-18-4-6-20/h8-11,13-14H,4-7,12H2,1-3H3,(H,20,21);7-9,18H,2-6H2,1H3,(H,22,23). The Morgan fingerprint density at radius 2 is 1.87 bits per heavy atom. The number of aromatic nitrogens is 2.